The minimum absolute atomic E-state index is 0.131. The molecule has 4 rings (SSSR count). The summed E-state index contributed by atoms with van der Waals surface area (Å²) in [4.78, 5) is 26.6. The van der Waals surface area contributed by atoms with E-state index < -0.39 is 5.97 Å². The van der Waals surface area contributed by atoms with Crippen LogP contribution in [0.15, 0.2) is 23.4 Å². The van der Waals surface area contributed by atoms with E-state index in [1.807, 2.05) is 26.1 Å². The third-order valence-corrected chi connectivity index (χ3v) is 8.53. The Morgan fingerprint density at radius 3 is 2.72 bits per heavy atom. The van der Waals surface area contributed by atoms with Gasteiger partial charge in [-0.25, -0.2) is 4.79 Å². The van der Waals surface area contributed by atoms with Crippen LogP contribution < -0.4 is 10.1 Å². The van der Waals surface area contributed by atoms with Crippen LogP contribution in [0.5, 0.6) is 5.75 Å². The topological polar surface area (TPSA) is 95.3 Å². The molecule has 0 radical (unpaired) electrons. The van der Waals surface area contributed by atoms with Gasteiger partial charge in [-0.1, -0.05) is 36.2 Å². The van der Waals surface area contributed by atoms with Crippen LogP contribution >= 0.6 is 34.7 Å². The Balaban J connectivity index is 1.39. The highest BCUT2D eigenvalue weighted by Gasteiger charge is 2.26. The molecule has 192 valence electrons. The fourth-order valence-corrected chi connectivity index (χ4v) is 6.38. The van der Waals surface area contributed by atoms with E-state index in [1.165, 1.54) is 41.5 Å². The monoisotopic (exact) mass is 548 g/mol. The van der Waals surface area contributed by atoms with Crippen LogP contribution in [0.2, 0.25) is 5.02 Å². The Morgan fingerprint density at radius 2 is 1.97 bits per heavy atom. The second kappa shape index (κ2) is 12.1. The van der Waals surface area contributed by atoms with Gasteiger partial charge in [0.15, 0.2) is 11.0 Å². The van der Waals surface area contributed by atoms with Crippen LogP contribution in [-0.4, -0.2) is 39.5 Å². The molecule has 0 fully saturated rings. The van der Waals surface area contributed by atoms with Crippen molar-refractivity contribution in [2.24, 2.45) is 7.05 Å². The van der Waals surface area contributed by atoms with E-state index in [-0.39, 0.29) is 18.3 Å². The molecule has 36 heavy (non-hydrogen) atoms. The fourth-order valence-electron chi connectivity index (χ4n) is 4.13. The highest BCUT2D eigenvalue weighted by Crippen LogP contribution is 2.37. The van der Waals surface area contributed by atoms with Gasteiger partial charge in [0.25, 0.3) is 0 Å². The average Bonchev–Trinajstić information content (AvgIpc) is 3.35. The molecule has 8 nitrogen and oxygen atoms in total. The van der Waals surface area contributed by atoms with Crippen molar-refractivity contribution < 1.29 is 19.1 Å². The zero-order chi connectivity index (χ0) is 25.7. The van der Waals surface area contributed by atoms with E-state index in [0.29, 0.717) is 26.6 Å². The Hall–Kier alpha value is -2.56. The van der Waals surface area contributed by atoms with Gasteiger partial charge in [0.05, 0.1) is 18.4 Å². The Kier molecular flexibility index (Phi) is 8.92. The largest absolute Gasteiger partial charge is 0.485 e. The molecule has 2 heterocycles. The molecule has 1 amide bonds. The van der Waals surface area contributed by atoms with Crippen molar-refractivity contribution in [2.45, 2.75) is 57.2 Å². The molecule has 0 spiro atoms. The van der Waals surface area contributed by atoms with Crippen molar-refractivity contribution in [1.29, 1.82) is 0 Å². The predicted octanol–water partition coefficient (Wildman–Crippen LogP) is 5.59. The summed E-state index contributed by atoms with van der Waals surface area (Å²) in [6.07, 6.45) is 6.22. The average molecular weight is 549 g/mol. The summed E-state index contributed by atoms with van der Waals surface area (Å²) in [6.45, 7) is 2.17. The molecular formula is C25H29ClN4O4S2. The second-order valence-electron chi connectivity index (χ2n) is 8.61. The van der Waals surface area contributed by atoms with Gasteiger partial charge in [-0.3, -0.25) is 4.79 Å². The lowest BCUT2D eigenvalue weighted by molar-refractivity contribution is -0.113. The van der Waals surface area contributed by atoms with E-state index >= 15 is 0 Å². The molecule has 0 saturated heterocycles. The number of hydrogen-bond donors (Lipinski definition) is 1. The predicted molar refractivity (Wildman–Crippen MR) is 142 cm³/mol. The van der Waals surface area contributed by atoms with Crippen LogP contribution in [0.3, 0.4) is 0 Å². The molecule has 0 saturated carbocycles. The van der Waals surface area contributed by atoms with E-state index in [0.717, 1.165) is 49.0 Å². The van der Waals surface area contributed by atoms with Crippen LogP contribution in [0.1, 0.15) is 57.9 Å². The molecule has 0 atom stereocenters. The molecule has 1 aliphatic rings. The highest BCUT2D eigenvalue weighted by atomic mass is 35.5. The van der Waals surface area contributed by atoms with Gasteiger partial charge in [0.1, 0.15) is 17.4 Å². The summed E-state index contributed by atoms with van der Waals surface area (Å²) in [7, 11) is 3.21. The molecule has 1 aromatic carbocycles. The molecule has 2 aromatic heterocycles. The summed E-state index contributed by atoms with van der Waals surface area (Å²) in [5.41, 5.74) is 2.47. The molecule has 0 aliphatic heterocycles. The number of anilines is 1. The van der Waals surface area contributed by atoms with Gasteiger partial charge in [0, 0.05) is 16.9 Å². The molecule has 0 bridgehead atoms. The lowest BCUT2D eigenvalue weighted by Gasteiger charge is -2.11. The van der Waals surface area contributed by atoms with Crippen molar-refractivity contribution in [3.8, 4) is 5.75 Å². The number of rotatable bonds is 8. The number of carbonyl (C=O) groups excluding carboxylic acids is 2. The third kappa shape index (κ3) is 6.22. The number of nitrogens with zero attached hydrogens (tertiary/aromatic N) is 3. The number of thiophene rings is 1. The molecule has 0 unspecified atom stereocenters. The standard InChI is InChI=1S/C25H29ClN4O4S2/c1-15-12-16(26)10-11-18(15)34-13-20-28-29-25(30(20)2)35-14-21(31)27-23-22(24(32)33-3)17-8-6-4-5-7-9-19(17)36-23/h10-12H,4-9,13-14H2,1-3H3,(H,27,31). The maximum absolute atomic E-state index is 12.8. The zero-order valence-corrected chi connectivity index (χ0v) is 22.9. The molecule has 11 heteroatoms. The lowest BCUT2D eigenvalue weighted by atomic mass is 9.96. The summed E-state index contributed by atoms with van der Waals surface area (Å²) < 4.78 is 12.7. The molecule has 1 N–H and O–H groups in total. The lowest BCUT2D eigenvalue weighted by Crippen LogP contribution is -2.16. The fraction of sp³-hybridized carbons (Fsp3) is 0.440. The number of hydrogen-bond acceptors (Lipinski definition) is 8. The van der Waals surface area contributed by atoms with Crippen LogP contribution in [0, 0.1) is 6.92 Å². The Bertz CT molecular complexity index is 1260. The number of halogens is 1. The van der Waals surface area contributed by atoms with Gasteiger partial charge in [-0.2, -0.15) is 0 Å². The second-order valence-corrected chi connectivity index (χ2v) is 11.1. The SMILES string of the molecule is COC(=O)c1c(NC(=O)CSc2nnc(COc3ccc(Cl)cc3C)n2C)sc2c1CCCCCC2. The number of aryl methyl sites for hydroxylation is 2. The number of esters is 1. The number of amides is 1. The first-order chi connectivity index (χ1) is 17.4. The summed E-state index contributed by atoms with van der Waals surface area (Å²) >= 11 is 8.77. The third-order valence-electron chi connectivity index (χ3n) is 6.06. The van der Waals surface area contributed by atoms with Crippen LogP contribution in [-0.2, 0) is 36.0 Å². The van der Waals surface area contributed by atoms with E-state index in [1.54, 1.807) is 10.6 Å². The minimum atomic E-state index is -0.398. The van der Waals surface area contributed by atoms with E-state index in [2.05, 4.69) is 15.5 Å². The summed E-state index contributed by atoms with van der Waals surface area (Å²) in [5.74, 6) is 0.884. The Morgan fingerprint density at radius 1 is 1.19 bits per heavy atom. The first-order valence-corrected chi connectivity index (χ1v) is 14.0. The smallest absolute Gasteiger partial charge is 0.341 e. The van der Waals surface area contributed by atoms with Gasteiger partial charge in [-0.15, -0.1) is 21.5 Å². The number of thioether (sulfide) groups is 1. The number of nitrogens with one attached hydrogen (secondary N) is 1. The zero-order valence-electron chi connectivity index (χ0n) is 20.6. The molecule has 1 aliphatic carbocycles. The summed E-state index contributed by atoms with van der Waals surface area (Å²) in [5, 5.41) is 13.2. The van der Waals surface area contributed by atoms with Crippen molar-refractivity contribution in [2.75, 3.05) is 18.2 Å². The van der Waals surface area contributed by atoms with Gasteiger partial charge in [-0.05, 0) is 61.9 Å². The number of ether oxygens (including phenoxy) is 2. The van der Waals surface area contributed by atoms with Crippen molar-refractivity contribution in [3.05, 3.63) is 50.6 Å². The summed E-state index contributed by atoms with van der Waals surface area (Å²) in [6, 6.07) is 5.44. The van der Waals surface area contributed by atoms with Crippen molar-refractivity contribution in [1.82, 2.24) is 14.8 Å². The first-order valence-electron chi connectivity index (χ1n) is 11.8. The number of fused-ring (bicyclic) bond motifs is 1. The van der Waals surface area contributed by atoms with Crippen LogP contribution in [0.4, 0.5) is 5.00 Å². The number of methoxy groups -OCH3 is 1. The van der Waals surface area contributed by atoms with Gasteiger partial charge < -0.3 is 19.4 Å². The maximum atomic E-state index is 12.8. The number of benzene rings is 1. The van der Waals surface area contributed by atoms with Crippen LogP contribution in [0.25, 0.3) is 0 Å². The molecule has 3 aromatic rings. The Labute approximate surface area is 223 Å². The van der Waals surface area contributed by atoms with Gasteiger partial charge >= 0.3 is 5.97 Å². The van der Waals surface area contributed by atoms with E-state index in [4.69, 9.17) is 21.1 Å². The first kappa shape index (κ1) is 26.5. The highest BCUT2D eigenvalue weighted by molar-refractivity contribution is 7.99. The van der Waals surface area contributed by atoms with Crippen molar-refractivity contribution in [3.63, 3.8) is 0 Å². The number of aromatic nitrogens is 3. The quantitative estimate of drug-likeness (QED) is 0.289. The molecular weight excluding hydrogens is 520 g/mol. The van der Waals surface area contributed by atoms with Gasteiger partial charge in [0.2, 0.25) is 5.91 Å². The normalized spacial score (nSPS) is 13.4. The minimum Gasteiger partial charge on any atom is -0.485 e. The van der Waals surface area contributed by atoms with E-state index in [9.17, 15) is 9.59 Å². The maximum Gasteiger partial charge on any atom is 0.341 e. The number of carbonyl (C=O) groups is 2. The van der Waals surface area contributed by atoms with Crippen molar-refractivity contribution >= 4 is 51.6 Å².